The van der Waals surface area contributed by atoms with Gasteiger partial charge >= 0.3 is 5.97 Å². The van der Waals surface area contributed by atoms with Gasteiger partial charge in [0.15, 0.2) is 0 Å². The van der Waals surface area contributed by atoms with Gasteiger partial charge in [-0.15, -0.1) is 0 Å². The zero-order valence-electron chi connectivity index (χ0n) is 23.5. The summed E-state index contributed by atoms with van der Waals surface area (Å²) in [5.74, 6) is -1.98. The van der Waals surface area contributed by atoms with Gasteiger partial charge in [0.05, 0.1) is 18.1 Å². The second-order valence-corrected chi connectivity index (χ2v) is 9.82. The van der Waals surface area contributed by atoms with Crippen molar-refractivity contribution >= 4 is 29.4 Å². The third kappa shape index (κ3) is 10.5. The van der Waals surface area contributed by atoms with Gasteiger partial charge in [0.1, 0.15) is 17.8 Å². The van der Waals surface area contributed by atoms with Crippen LogP contribution in [0, 0.1) is 16.0 Å². The molecule has 41 heavy (non-hydrogen) atoms. The highest BCUT2D eigenvalue weighted by atomic mass is 16.6. The summed E-state index contributed by atoms with van der Waals surface area (Å²) in [6.07, 6.45) is 0.468. The van der Waals surface area contributed by atoms with Crippen LogP contribution in [0.4, 0.5) is 5.69 Å². The van der Waals surface area contributed by atoms with Gasteiger partial charge in [-0.1, -0.05) is 26.0 Å². The normalized spacial score (nSPS) is 13.0. The number of likely N-dealkylation sites (N-methyl/N-ethyl adjacent to an activating group) is 1. The molecule has 0 spiro atoms. The van der Waals surface area contributed by atoms with Gasteiger partial charge in [-0.3, -0.25) is 34.6 Å². The van der Waals surface area contributed by atoms with Crippen molar-refractivity contribution in [1.29, 1.82) is 0 Å². The van der Waals surface area contributed by atoms with Crippen LogP contribution in [0.1, 0.15) is 42.6 Å². The predicted octanol–water partition coefficient (Wildman–Crippen LogP) is 1.65. The average molecular weight is 572 g/mol. The molecule has 0 aliphatic carbocycles. The van der Waals surface area contributed by atoms with Gasteiger partial charge in [0.25, 0.3) is 11.6 Å². The fraction of sp³-hybridized carbons (Fsp3) is 0.429. The summed E-state index contributed by atoms with van der Waals surface area (Å²) in [4.78, 5) is 60.5. The first kappa shape index (κ1) is 32.7. The number of carboxylic acids is 1. The maximum absolute atomic E-state index is 13.3. The monoisotopic (exact) mass is 571 g/mol. The number of benzene rings is 2. The van der Waals surface area contributed by atoms with E-state index in [2.05, 4.69) is 21.3 Å². The molecule has 0 aliphatic heterocycles. The summed E-state index contributed by atoms with van der Waals surface area (Å²) in [5.41, 5.74) is 0.818. The SMILES string of the molecule is CNC(=O)[C@H](Cc1ccc(OC)cc1)NC(=O)[C@H](CC(C)C)N[C@H](CCNC(=O)c1ccc([N+](=O)[O-])cc1)C(=O)O. The molecule has 2 aromatic carbocycles. The first-order chi connectivity index (χ1) is 19.4. The van der Waals surface area contributed by atoms with E-state index in [4.69, 9.17) is 4.74 Å². The topological polar surface area (TPSA) is 189 Å². The molecule has 2 aromatic rings. The Hall–Kier alpha value is -4.52. The fourth-order valence-corrected chi connectivity index (χ4v) is 4.06. The van der Waals surface area contributed by atoms with Crippen molar-refractivity contribution in [2.24, 2.45) is 5.92 Å². The Kier molecular flexibility index (Phi) is 12.7. The standard InChI is InChI=1S/C28H37N5O8/c1-17(2)15-23(27(36)32-24(26(35)29-3)16-18-5-11-21(41-4)12-6-18)31-22(28(37)38)13-14-30-25(34)19-7-9-20(10-8-19)33(39)40/h5-12,17,22-24,31H,13-16H2,1-4H3,(H,29,35)(H,30,34)(H,32,36)(H,37,38)/t22-,23+,24+/m1/s1. The molecule has 0 fully saturated rings. The van der Waals surface area contributed by atoms with Crippen LogP contribution in [0.5, 0.6) is 5.75 Å². The molecule has 0 aromatic heterocycles. The molecule has 0 saturated heterocycles. The van der Waals surface area contributed by atoms with Crippen molar-refractivity contribution in [3.63, 3.8) is 0 Å². The zero-order valence-corrected chi connectivity index (χ0v) is 23.5. The number of amides is 3. The van der Waals surface area contributed by atoms with Crippen molar-refractivity contribution in [3.05, 3.63) is 69.8 Å². The van der Waals surface area contributed by atoms with E-state index in [0.717, 1.165) is 5.56 Å². The van der Waals surface area contributed by atoms with Crippen molar-refractivity contribution in [1.82, 2.24) is 21.3 Å². The van der Waals surface area contributed by atoms with Crippen LogP contribution >= 0.6 is 0 Å². The van der Waals surface area contributed by atoms with Crippen molar-refractivity contribution in [2.75, 3.05) is 20.7 Å². The van der Waals surface area contributed by atoms with Gasteiger partial charge < -0.3 is 25.8 Å². The number of aliphatic carboxylic acids is 1. The quantitative estimate of drug-likeness (QED) is 0.147. The summed E-state index contributed by atoms with van der Waals surface area (Å²) in [6, 6.07) is 9.08. The largest absolute Gasteiger partial charge is 0.497 e. The number of nitro benzene ring substituents is 1. The summed E-state index contributed by atoms with van der Waals surface area (Å²) in [6.45, 7) is 3.74. The Labute approximate surface area is 238 Å². The Morgan fingerprint density at radius 1 is 0.951 bits per heavy atom. The van der Waals surface area contributed by atoms with Gasteiger partial charge in [-0.05, 0) is 48.6 Å². The number of nitrogens with zero attached hydrogens (tertiary/aromatic N) is 1. The van der Waals surface area contributed by atoms with E-state index >= 15 is 0 Å². The molecule has 0 unspecified atom stereocenters. The van der Waals surface area contributed by atoms with Crippen LogP contribution in [-0.2, 0) is 20.8 Å². The summed E-state index contributed by atoms with van der Waals surface area (Å²) in [7, 11) is 3.01. The van der Waals surface area contributed by atoms with Gasteiger partial charge in [-0.2, -0.15) is 0 Å². The molecular formula is C28H37N5O8. The highest BCUT2D eigenvalue weighted by molar-refractivity contribution is 5.94. The lowest BCUT2D eigenvalue weighted by molar-refractivity contribution is -0.384. The zero-order chi connectivity index (χ0) is 30.5. The smallest absolute Gasteiger partial charge is 0.320 e. The van der Waals surface area contributed by atoms with Crippen LogP contribution in [0.2, 0.25) is 0 Å². The van der Waals surface area contributed by atoms with E-state index in [1.54, 1.807) is 31.4 Å². The number of nitrogens with one attached hydrogen (secondary N) is 4. The molecule has 0 saturated carbocycles. The average Bonchev–Trinajstić information content (AvgIpc) is 2.95. The molecular weight excluding hydrogens is 534 g/mol. The second-order valence-electron chi connectivity index (χ2n) is 9.82. The maximum Gasteiger partial charge on any atom is 0.320 e. The van der Waals surface area contributed by atoms with Gasteiger partial charge in [-0.25, -0.2) is 0 Å². The lowest BCUT2D eigenvalue weighted by Crippen LogP contribution is -2.56. The number of methoxy groups -OCH3 is 1. The molecule has 222 valence electrons. The Morgan fingerprint density at radius 2 is 1.59 bits per heavy atom. The lowest BCUT2D eigenvalue weighted by Gasteiger charge is -2.26. The summed E-state index contributed by atoms with van der Waals surface area (Å²) in [5, 5.41) is 31.4. The van der Waals surface area contributed by atoms with E-state index in [1.165, 1.54) is 31.3 Å². The molecule has 0 radical (unpaired) electrons. The van der Waals surface area contributed by atoms with Crippen LogP contribution in [0.3, 0.4) is 0 Å². The van der Waals surface area contributed by atoms with Crippen LogP contribution in [0.15, 0.2) is 48.5 Å². The molecule has 2 rings (SSSR count). The molecule has 13 heteroatoms. The minimum Gasteiger partial charge on any atom is -0.497 e. The van der Waals surface area contributed by atoms with Gasteiger partial charge in [0.2, 0.25) is 11.8 Å². The van der Waals surface area contributed by atoms with Crippen LogP contribution in [0.25, 0.3) is 0 Å². The Balaban J connectivity index is 2.07. The number of rotatable bonds is 16. The first-order valence-electron chi connectivity index (χ1n) is 13.1. The molecule has 13 nitrogen and oxygen atoms in total. The number of hydrogen-bond donors (Lipinski definition) is 5. The molecule has 0 aliphatic rings. The molecule has 5 N–H and O–H groups in total. The highest BCUT2D eigenvalue weighted by Crippen LogP contribution is 2.14. The Bertz CT molecular complexity index is 1200. The van der Waals surface area contributed by atoms with Crippen molar-refractivity contribution in [3.8, 4) is 5.75 Å². The van der Waals surface area contributed by atoms with Crippen molar-refractivity contribution in [2.45, 2.75) is 51.2 Å². The highest BCUT2D eigenvalue weighted by Gasteiger charge is 2.30. The number of hydrogen-bond acceptors (Lipinski definition) is 8. The number of carboxylic acid groups (broad SMARTS) is 1. The van der Waals surface area contributed by atoms with E-state index < -0.39 is 46.7 Å². The number of non-ortho nitro benzene ring substituents is 1. The molecule has 3 atom stereocenters. The summed E-state index contributed by atoms with van der Waals surface area (Å²) >= 11 is 0. The van der Waals surface area contributed by atoms with Crippen LogP contribution < -0.4 is 26.0 Å². The number of carbonyl (C=O) groups is 4. The minimum absolute atomic E-state index is 0.0228. The predicted molar refractivity (Wildman–Crippen MR) is 151 cm³/mol. The maximum atomic E-state index is 13.3. The molecule has 3 amide bonds. The number of ether oxygens (including phenoxy) is 1. The fourth-order valence-electron chi connectivity index (χ4n) is 4.06. The minimum atomic E-state index is -1.21. The number of carbonyl (C=O) groups excluding carboxylic acids is 3. The number of nitro groups is 1. The second kappa shape index (κ2) is 15.9. The third-order valence-corrected chi connectivity index (χ3v) is 6.26. The lowest BCUT2D eigenvalue weighted by atomic mass is 10.00. The molecule has 0 bridgehead atoms. The third-order valence-electron chi connectivity index (χ3n) is 6.26. The van der Waals surface area contributed by atoms with Crippen molar-refractivity contribution < 1.29 is 33.9 Å². The Morgan fingerprint density at radius 3 is 2.10 bits per heavy atom. The van der Waals surface area contributed by atoms with E-state index in [9.17, 15) is 34.4 Å². The molecule has 0 heterocycles. The van der Waals surface area contributed by atoms with E-state index in [0.29, 0.717) is 12.2 Å². The van der Waals surface area contributed by atoms with E-state index in [-0.39, 0.29) is 36.6 Å². The summed E-state index contributed by atoms with van der Waals surface area (Å²) < 4.78 is 5.16. The first-order valence-corrected chi connectivity index (χ1v) is 13.1. The van der Waals surface area contributed by atoms with Crippen LogP contribution in [-0.4, -0.2) is 72.5 Å². The van der Waals surface area contributed by atoms with Gasteiger partial charge in [0, 0.05) is 37.7 Å². The van der Waals surface area contributed by atoms with E-state index in [1.807, 2.05) is 13.8 Å².